The molecular formula is C10H9NO2. The summed E-state index contributed by atoms with van der Waals surface area (Å²) in [6.07, 6.45) is 4.14. The predicted molar refractivity (Wildman–Crippen MR) is 48.8 cm³/mol. The topological polar surface area (TPSA) is 39.2 Å². The lowest BCUT2D eigenvalue weighted by Crippen LogP contribution is -2.06. The van der Waals surface area contributed by atoms with Crippen molar-refractivity contribution in [3.8, 4) is 5.88 Å². The Labute approximate surface area is 76.1 Å². The van der Waals surface area contributed by atoms with Gasteiger partial charge in [0.2, 0.25) is 5.88 Å². The first-order chi connectivity index (χ1) is 6.31. The van der Waals surface area contributed by atoms with Gasteiger partial charge in [-0.2, -0.15) is 0 Å². The fourth-order valence-corrected chi connectivity index (χ4v) is 1.32. The highest BCUT2D eigenvalue weighted by molar-refractivity contribution is 6.02. The van der Waals surface area contributed by atoms with Crippen molar-refractivity contribution in [1.82, 2.24) is 4.98 Å². The number of ketones is 1. The summed E-state index contributed by atoms with van der Waals surface area (Å²) in [5, 5.41) is 0. The lowest BCUT2D eigenvalue weighted by atomic mass is 10.0. The van der Waals surface area contributed by atoms with E-state index in [1.54, 1.807) is 19.2 Å². The minimum absolute atomic E-state index is 0.118. The normalized spacial score (nSPS) is 14.1. The summed E-state index contributed by atoms with van der Waals surface area (Å²) in [7, 11) is 1.56. The number of rotatable bonds is 1. The number of ether oxygens (including phenoxy) is 1. The summed E-state index contributed by atoms with van der Waals surface area (Å²) >= 11 is 0. The van der Waals surface area contributed by atoms with E-state index in [1.165, 1.54) is 0 Å². The summed E-state index contributed by atoms with van der Waals surface area (Å²) in [5.74, 6) is 0.658. The number of Topliss-reactive ketones (excluding diaryl/α,β-unsaturated/α-hetero) is 1. The Morgan fingerprint density at radius 3 is 3.08 bits per heavy atom. The van der Waals surface area contributed by atoms with Crippen molar-refractivity contribution in [3.05, 3.63) is 29.5 Å². The summed E-state index contributed by atoms with van der Waals surface area (Å²) in [6, 6.07) is 3.46. The molecule has 0 aromatic carbocycles. The first-order valence-corrected chi connectivity index (χ1v) is 4.06. The molecule has 1 aromatic rings. The standard InChI is InChI=1S/C10H9NO2/c1-13-10-6-5-7-8(11-10)3-2-4-9(7)12/h2-3,5-6H,4H2,1H3. The highest BCUT2D eigenvalue weighted by Crippen LogP contribution is 2.19. The molecule has 2 rings (SSSR count). The van der Waals surface area contributed by atoms with Crippen molar-refractivity contribution >= 4 is 11.9 Å². The molecule has 0 bridgehead atoms. The third-order valence-corrected chi connectivity index (χ3v) is 1.99. The van der Waals surface area contributed by atoms with Crippen LogP contribution in [-0.4, -0.2) is 17.9 Å². The van der Waals surface area contributed by atoms with E-state index in [-0.39, 0.29) is 5.78 Å². The van der Waals surface area contributed by atoms with Gasteiger partial charge in [0, 0.05) is 18.1 Å². The van der Waals surface area contributed by atoms with E-state index in [9.17, 15) is 4.79 Å². The van der Waals surface area contributed by atoms with E-state index in [2.05, 4.69) is 4.98 Å². The maximum atomic E-state index is 11.4. The molecule has 1 aliphatic carbocycles. The van der Waals surface area contributed by atoms with E-state index in [0.717, 1.165) is 0 Å². The number of fused-ring (bicyclic) bond motifs is 1. The van der Waals surface area contributed by atoms with Crippen LogP contribution in [0.15, 0.2) is 18.2 Å². The average Bonchev–Trinajstić information content (AvgIpc) is 2.18. The molecule has 0 saturated carbocycles. The number of hydrogen-bond donors (Lipinski definition) is 0. The highest BCUT2D eigenvalue weighted by Gasteiger charge is 2.14. The molecule has 3 heteroatoms. The Balaban J connectivity index is 2.53. The number of aromatic nitrogens is 1. The molecule has 0 amide bonds. The number of allylic oxidation sites excluding steroid dienone is 1. The molecule has 3 nitrogen and oxygen atoms in total. The number of methoxy groups -OCH3 is 1. The van der Waals surface area contributed by atoms with Gasteiger partial charge >= 0.3 is 0 Å². The molecule has 1 aromatic heterocycles. The molecule has 0 fully saturated rings. The van der Waals surface area contributed by atoms with Crippen LogP contribution in [-0.2, 0) is 0 Å². The van der Waals surface area contributed by atoms with Crippen LogP contribution in [0.3, 0.4) is 0 Å². The Hall–Kier alpha value is -1.64. The maximum absolute atomic E-state index is 11.4. The Kier molecular flexibility index (Phi) is 1.85. The molecule has 0 aliphatic heterocycles. The fourth-order valence-electron chi connectivity index (χ4n) is 1.32. The maximum Gasteiger partial charge on any atom is 0.213 e. The number of carbonyl (C=O) groups is 1. The van der Waals surface area contributed by atoms with Crippen LogP contribution in [0.5, 0.6) is 5.88 Å². The second-order valence-corrected chi connectivity index (χ2v) is 2.82. The van der Waals surface area contributed by atoms with E-state index < -0.39 is 0 Å². The second-order valence-electron chi connectivity index (χ2n) is 2.82. The van der Waals surface area contributed by atoms with Crippen LogP contribution in [0.2, 0.25) is 0 Å². The minimum Gasteiger partial charge on any atom is -0.481 e. The van der Waals surface area contributed by atoms with Crippen LogP contribution < -0.4 is 4.74 Å². The smallest absolute Gasteiger partial charge is 0.213 e. The molecular weight excluding hydrogens is 166 g/mol. The summed E-state index contributed by atoms with van der Waals surface area (Å²) in [6.45, 7) is 0. The SMILES string of the molecule is COc1ccc2c(n1)C=CCC2=O. The zero-order chi connectivity index (χ0) is 9.26. The van der Waals surface area contributed by atoms with Crippen LogP contribution >= 0.6 is 0 Å². The summed E-state index contributed by atoms with van der Waals surface area (Å²) in [4.78, 5) is 15.5. The van der Waals surface area contributed by atoms with Crippen LogP contribution in [0.25, 0.3) is 6.08 Å². The number of pyridine rings is 1. The van der Waals surface area contributed by atoms with Crippen molar-refractivity contribution in [2.24, 2.45) is 0 Å². The van der Waals surface area contributed by atoms with E-state index in [0.29, 0.717) is 23.6 Å². The quantitative estimate of drug-likeness (QED) is 0.652. The van der Waals surface area contributed by atoms with Gasteiger partial charge in [-0.1, -0.05) is 6.08 Å². The molecule has 0 atom stereocenters. The molecule has 0 radical (unpaired) electrons. The second kappa shape index (κ2) is 3.01. The zero-order valence-electron chi connectivity index (χ0n) is 7.28. The van der Waals surface area contributed by atoms with Gasteiger partial charge in [-0.15, -0.1) is 0 Å². The number of hydrogen-bond acceptors (Lipinski definition) is 3. The van der Waals surface area contributed by atoms with Crippen LogP contribution in [0, 0.1) is 0 Å². The first-order valence-electron chi connectivity index (χ1n) is 4.06. The third-order valence-electron chi connectivity index (χ3n) is 1.99. The fraction of sp³-hybridized carbons (Fsp3) is 0.200. The first kappa shape index (κ1) is 7.98. The molecule has 0 N–H and O–H groups in total. The molecule has 13 heavy (non-hydrogen) atoms. The Morgan fingerprint density at radius 2 is 2.31 bits per heavy atom. The van der Waals surface area contributed by atoms with Crippen LogP contribution in [0.4, 0.5) is 0 Å². The van der Waals surface area contributed by atoms with Gasteiger partial charge in [0.1, 0.15) is 0 Å². The van der Waals surface area contributed by atoms with Crippen molar-refractivity contribution in [2.75, 3.05) is 7.11 Å². The highest BCUT2D eigenvalue weighted by atomic mass is 16.5. The molecule has 1 aliphatic rings. The Bertz CT molecular complexity index is 383. The van der Waals surface area contributed by atoms with E-state index in [1.807, 2.05) is 12.2 Å². The zero-order valence-corrected chi connectivity index (χ0v) is 7.28. The van der Waals surface area contributed by atoms with Crippen molar-refractivity contribution in [3.63, 3.8) is 0 Å². The van der Waals surface area contributed by atoms with E-state index in [4.69, 9.17) is 4.74 Å². The molecule has 1 heterocycles. The molecule has 0 saturated heterocycles. The van der Waals surface area contributed by atoms with Gasteiger partial charge in [-0.05, 0) is 12.1 Å². The van der Waals surface area contributed by atoms with Crippen molar-refractivity contribution < 1.29 is 9.53 Å². The summed E-state index contributed by atoms with van der Waals surface area (Å²) < 4.78 is 4.96. The van der Waals surface area contributed by atoms with Gasteiger partial charge in [0.25, 0.3) is 0 Å². The number of nitrogens with zero attached hydrogens (tertiary/aromatic N) is 1. The van der Waals surface area contributed by atoms with Gasteiger partial charge in [0.15, 0.2) is 5.78 Å². The van der Waals surface area contributed by atoms with Crippen molar-refractivity contribution in [2.45, 2.75) is 6.42 Å². The molecule has 0 spiro atoms. The minimum atomic E-state index is 0.118. The largest absolute Gasteiger partial charge is 0.481 e. The van der Waals surface area contributed by atoms with Crippen LogP contribution in [0.1, 0.15) is 22.5 Å². The third kappa shape index (κ3) is 1.33. The van der Waals surface area contributed by atoms with Gasteiger partial charge in [-0.25, -0.2) is 4.98 Å². The van der Waals surface area contributed by atoms with Crippen molar-refractivity contribution in [1.29, 1.82) is 0 Å². The van der Waals surface area contributed by atoms with Gasteiger partial charge in [-0.3, -0.25) is 4.79 Å². The summed E-state index contributed by atoms with van der Waals surface area (Å²) in [5.41, 5.74) is 1.39. The van der Waals surface area contributed by atoms with Gasteiger partial charge in [0.05, 0.1) is 12.8 Å². The monoisotopic (exact) mass is 175 g/mol. The average molecular weight is 175 g/mol. The lowest BCUT2D eigenvalue weighted by molar-refractivity contribution is 0.0994. The molecule has 0 unspecified atom stereocenters. The van der Waals surface area contributed by atoms with Gasteiger partial charge < -0.3 is 4.74 Å². The van der Waals surface area contributed by atoms with E-state index >= 15 is 0 Å². The Morgan fingerprint density at radius 1 is 1.46 bits per heavy atom. The molecule has 66 valence electrons. The predicted octanol–water partition coefficient (Wildman–Crippen LogP) is 1.69. The lowest BCUT2D eigenvalue weighted by Gasteiger charge is -2.08. The number of carbonyl (C=O) groups excluding carboxylic acids is 1.